The Kier molecular flexibility index (Phi) is 40.5. The number of rotatable bonds is 11. The van der Waals surface area contributed by atoms with Crippen molar-refractivity contribution in [3.63, 3.8) is 0 Å². The van der Waals surface area contributed by atoms with Gasteiger partial charge in [0.15, 0.2) is 0 Å². The number of nitrogens with one attached hydrogen (secondary N) is 3. The van der Waals surface area contributed by atoms with E-state index in [1.807, 2.05) is 87.5 Å². The van der Waals surface area contributed by atoms with Crippen molar-refractivity contribution in [1.82, 2.24) is 9.97 Å². The summed E-state index contributed by atoms with van der Waals surface area (Å²) in [7, 11) is 0. The van der Waals surface area contributed by atoms with Gasteiger partial charge in [0.1, 0.15) is 11.1 Å². The summed E-state index contributed by atoms with van der Waals surface area (Å²) in [6.45, 7) is 12.1. The highest BCUT2D eigenvalue weighted by Crippen LogP contribution is 2.61. The second kappa shape index (κ2) is 42.6. The standard InChI is InChI=1S/C13H17NO2.C12H11NO3.C10H7NO3.C8H14O2.C6H7N.2CO2.CH4.Cl3OP/c1-3-11(13(15)16-4-2)10-14-12-8-6-5-7-9-12;1-2-16-12(15)9-7-13-10-6-4-3-5-8(10)11(9)14;12-9-6-3-1-2-4-8(6)11-5-7(9)10(13)14;1-4-7(5-2)8(9)10-6-3;7-6-4-2-1-3-5-6;2*2-1-3;;1-5(2,3)4/h5-10,14H,3-4H2,1-2H3;3-7H,2H2,1H3,(H,13,14);1-5H,(H,11,12)(H,13,14);4H,5-6H2,1-3H3;1-5H,7H2;;;1H4;/b11-10+;;;7-4+;;;;;. The van der Waals surface area contributed by atoms with Crippen molar-refractivity contribution in [1.29, 1.82) is 0 Å². The van der Waals surface area contributed by atoms with Crippen LogP contribution >= 0.6 is 38.9 Å². The van der Waals surface area contributed by atoms with Crippen LogP contribution in [0.25, 0.3) is 21.8 Å². The molecule has 4 aromatic carbocycles. The molecular weight excluding hydrogens is 1060 g/mol. The number of aromatic nitrogens is 2. The van der Waals surface area contributed by atoms with Gasteiger partial charge in [0, 0.05) is 57.3 Å². The molecule has 2 aromatic heterocycles. The van der Waals surface area contributed by atoms with Crippen molar-refractivity contribution in [3.8, 4) is 0 Å². The predicted molar refractivity (Wildman–Crippen MR) is 291 cm³/mol. The lowest BCUT2D eigenvalue weighted by molar-refractivity contribution is -0.193. The second-order valence-electron chi connectivity index (χ2n) is 13.3. The third-order valence-electron chi connectivity index (χ3n) is 8.47. The molecule has 0 radical (unpaired) electrons. The number of hydrogen-bond donors (Lipinski definition) is 5. The molecule has 2 heterocycles. The van der Waals surface area contributed by atoms with E-state index in [-0.39, 0.29) is 54.8 Å². The first-order valence-corrected chi connectivity index (χ1v) is 26.2. The number of carboxylic acid groups (broad SMARTS) is 1. The van der Waals surface area contributed by atoms with E-state index in [0.717, 1.165) is 23.4 Å². The first-order chi connectivity index (χ1) is 35.2. The lowest BCUT2D eigenvalue weighted by Gasteiger charge is -2.05. The lowest BCUT2D eigenvalue weighted by atomic mass is 10.1. The minimum absolute atomic E-state index is 0. The Balaban J connectivity index is -0.000000835. The van der Waals surface area contributed by atoms with Gasteiger partial charge in [-0.05, 0) is 123 Å². The number of pyridine rings is 2. The number of halogens is 3. The number of aromatic carboxylic acids is 1. The van der Waals surface area contributed by atoms with Crippen LogP contribution in [0.15, 0.2) is 155 Å². The van der Waals surface area contributed by atoms with E-state index in [1.54, 1.807) is 75.5 Å². The number of carboxylic acids is 1. The van der Waals surface area contributed by atoms with Crippen LogP contribution in [0.3, 0.4) is 0 Å². The minimum atomic E-state index is -3.22. The van der Waals surface area contributed by atoms with Crippen LogP contribution in [-0.2, 0) is 47.5 Å². The third kappa shape index (κ3) is 32.0. The maximum atomic E-state index is 11.9. The van der Waals surface area contributed by atoms with Crippen LogP contribution in [0, 0.1) is 0 Å². The zero-order valence-electron chi connectivity index (χ0n) is 41.1. The number of fused-ring (bicyclic) bond motifs is 2. The molecule has 19 nitrogen and oxygen atoms in total. The quantitative estimate of drug-likeness (QED) is 0.0265. The maximum absolute atomic E-state index is 11.9. The summed E-state index contributed by atoms with van der Waals surface area (Å²) < 4.78 is 24.0. The second-order valence-corrected chi connectivity index (χ2v) is 19.9. The van der Waals surface area contributed by atoms with E-state index in [9.17, 15) is 33.3 Å². The van der Waals surface area contributed by atoms with E-state index >= 15 is 0 Å². The zero-order valence-corrected chi connectivity index (χ0v) is 44.2. The molecule has 404 valence electrons. The number of nitrogen functional groups attached to an aromatic ring is 1. The summed E-state index contributed by atoms with van der Waals surface area (Å²) in [6.07, 6.45) is 8.00. The Hall–Kier alpha value is -7.88. The van der Waals surface area contributed by atoms with Crippen LogP contribution in [0.1, 0.15) is 82.5 Å². The van der Waals surface area contributed by atoms with Crippen molar-refractivity contribution in [2.45, 2.75) is 61.8 Å². The number of H-pyrrole nitrogens is 2. The molecular formula is C52H60Cl3N4O15P. The van der Waals surface area contributed by atoms with Gasteiger partial charge in [-0.3, -0.25) is 14.2 Å². The number of allylic oxidation sites excluding steroid dienone is 1. The van der Waals surface area contributed by atoms with Crippen molar-refractivity contribution in [3.05, 3.63) is 177 Å². The zero-order chi connectivity index (χ0) is 56.5. The van der Waals surface area contributed by atoms with Crippen molar-refractivity contribution < 1.29 is 62.2 Å². The number of carbonyl (C=O) groups excluding carboxylic acids is 7. The van der Waals surface area contributed by atoms with Gasteiger partial charge < -0.3 is 40.3 Å². The molecule has 0 saturated heterocycles. The molecule has 0 amide bonds. The van der Waals surface area contributed by atoms with E-state index in [2.05, 4.69) is 49.0 Å². The van der Waals surface area contributed by atoms with Crippen LogP contribution < -0.4 is 21.9 Å². The molecule has 0 bridgehead atoms. The molecule has 75 heavy (non-hydrogen) atoms. The molecule has 0 aliphatic heterocycles. The van der Waals surface area contributed by atoms with Gasteiger partial charge in [-0.15, -0.1) is 0 Å². The smallest absolute Gasteiger partial charge is 0.373 e. The van der Waals surface area contributed by atoms with Gasteiger partial charge in [0.25, 0.3) is 0 Å². The maximum Gasteiger partial charge on any atom is 0.373 e. The summed E-state index contributed by atoms with van der Waals surface area (Å²) in [5, 5.41) is 9.44. The van der Waals surface area contributed by atoms with Gasteiger partial charge in [0.2, 0.25) is 10.9 Å². The number of carbonyl (C=O) groups is 4. The Bertz CT molecular complexity index is 2930. The van der Waals surface area contributed by atoms with Crippen LogP contribution in [-0.4, -0.2) is 71.1 Å². The van der Waals surface area contributed by atoms with Crippen molar-refractivity contribution in [2.75, 3.05) is 30.9 Å². The molecule has 6 N–H and O–H groups in total. The molecule has 0 aliphatic rings. The normalized spacial score (nSPS) is 9.77. The van der Waals surface area contributed by atoms with Crippen LogP contribution in [0.4, 0.5) is 11.4 Å². The predicted octanol–water partition coefficient (Wildman–Crippen LogP) is 11.3. The molecule has 0 saturated carbocycles. The minimum Gasteiger partial charge on any atom is -0.477 e. The van der Waals surface area contributed by atoms with Gasteiger partial charge in [-0.2, -0.15) is 19.2 Å². The summed E-state index contributed by atoms with van der Waals surface area (Å²) >= 11 is 13.8. The molecule has 23 heteroatoms. The topological polar surface area (TPSA) is 305 Å². The summed E-state index contributed by atoms with van der Waals surface area (Å²) in [5.41, 5.74) is 8.94. The number of anilines is 2. The lowest BCUT2D eigenvalue weighted by Crippen LogP contribution is -2.17. The van der Waals surface area contributed by atoms with E-state index in [4.69, 9.17) is 44.2 Å². The highest BCUT2D eigenvalue weighted by Gasteiger charge is 2.14. The number of ether oxygens (including phenoxy) is 3. The van der Waals surface area contributed by atoms with E-state index in [1.165, 1.54) is 12.4 Å². The summed E-state index contributed by atoms with van der Waals surface area (Å²) in [4.78, 5) is 106. The Labute approximate surface area is 447 Å². The van der Waals surface area contributed by atoms with Crippen LogP contribution in [0.5, 0.6) is 0 Å². The van der Waals surface area contributed by atoms with E-state index in [0.29, 0.717) is 47.0 Å². The highest BCUT2D eigenvalue weighted by atomic mass is 36.0. The Morgan fingerprint density at radius 1 is 0.627 bits per heavy atom. The largest absolute Gasteiger partial charge is 0.477 e. The SMILES string of the molecule is C.C/C=C(\CC)C(=O)OCC.CCOC(=O)/C(=C/Nc1ccccc1)CC.CCOC(=O)c1c[nH]c2ccccc2c1=O.Nc1ccccc1.O=C(O)c1c[nH]c2ccccc2c1=O.O=C=O.O=C=O.O=P(Cl)(Cl)Cl. The number of nitrogens with two attached hydrogens (primary N) is 1. The number of hydrogen-bond acceptors (Lipinski definition) is 16. The first-order valence-electron chi connectivity index (χ1n) is 21.8. The first kappa shape index (κ1) is 71.4. The molecule has 0 atom stereocenters. The Morgan fingerprint density at radius 3 is 1.35 bits per heavy atom. The van der Waals surface area contributed by atoms with Crippen molar-refractivity contribution in [2.24, 2.45) is 0 Å². The van der Waals surface area contributed by atoms with Gasteiger partial charge >= 0.3 is 41.4 Å². The molecule has 6 rings (SSSR count). The molecule has 0 fully saturated rings. The van der Waals surface area contributed by atoms with Crippen molar-refractivity contribution >= 4 is 108 Å². The number of para-hydroxylation sites is 4. The average Bonchev–Trinajstić information content (AvgIpc) is 3.36. The fraction of sp³-hybridized carbons (Fsp3) is 0.231. The number of aromatic amines is 2. The highest BCUT2D eigenvalue weighted by molar-refractivity contribution is 8.24. The molecule has 6 aromatic rings. The fourth-order valence-electron chi connectivity index (χ4n) is 5.23. The third-order valence-corrected chi connectivity index (χ3v) is 8.47. The molecule has 0 aliphatic carbocycles. The molecule has 0 spiro atoms. The van der Waals surface area contributed by atoms with Gasteiger partial charge in [0.05, 0.1) is 25.4 Å². The summed E-state index contributed by atoms with van der Waals surface area (Å²) in [5.74, 6) is -2.24. The Morgan fingerprint density at radius 2 is 0.987 bits per heavy atom. The van der Waals surface area contributed by atoms with Gasteiger partial charge in [-0.1, -0.05) is 88.0 Å². The molecule has 0 unspecified atom stereocenters. The van der Waals surface area contributed by atoms with E-state index < -0.39 is 22.6 Å². The average molecular weight is 1120 g/mol. The number of esters is 3. The number of benzene rings is 4. The summed E-state index contributed by atoms with van der Waals surface area (Å²) in [6, 6.07) is 33.0. The van der Waals surface area contributed by atoms with Gasteiger partial charge in [-0.25, -0.2) is 19.2 Å². The monoisotopic (exact) mass is 1120 g/mol. The fourth-order valence-corrected chi connectivity index (χ4v) is 5.23. The van der Waals surface area contributed by atoms with Crippen LogP contribution in [0.2, 0.25) is 0 Å².